The fourth-order valence-corrected chi connectivity index (χ4v) is 2.98. The standard InChI is InChI=1S/C13H17ClN2O5S/c14-10-1-3-11(4-2-10)22(18,19)16-6-5-15-13(17)12-9-20-7-8-21-12/h1-4,12,16H,5-9H2,(H,15,17). The summed E-state index contributed by atoms with van der Waals surface area (Å²) in [5.41, 5.74) is 0. The van der Waals surface area contributed by atoms with E-state index in [9.17, 15) is 13.2 Å². The normalized spacial score (nSPS) is 18.9. The van der Waals surface area contributed by atoms with Gasteiger partial charge in [-0.15, -0.1) is 0 Å². The Labute approximate surface area is 134 Å². The molecule has 0 aromatic heterocycles. The molecule has 122 valence electrons. The molecule has 2 N–H and O–H groups in total. The van der Waals surface area contributed by atoms with E-state index in [-0.39, 0.29) is 30.5 Å². The number of ether oxygens (including phenoxy) is 2. The second-order valence-corrected chi connectivity index (χ2v) is 6.78. The minimum Gasteiger partial charge on any atom is -0.376 e. The molecule has 0 saturated carbocycles. The SMILES string of the molecule is O=C(NCCNS(=O)(=O)c1ccc(Cl)cc1)C1COCCO1. The largest absolute Gasteiger partial charge is 0.376 e. The fraction of sp³-hybridized carbons (Fsp3) is 0.462. The number of amides is 1. The van der Waals surface area contributed by atoms with Gasteiger partial charge in [-0.05, 0) is 24.3 Å². The first-order valence-corrected chi connectivity index (χ1v) is 8.57. The maximum atomic E-state index is 12.0. The summed E-state index contributed by atoms with van der Waals surface area (Å²) < 4.78 is 36.7. The minimum atomic E-state index is -3.62. The van der Waals surface area contributed by atoms with Crippen LogP contribution in [0, 0.1) is 0 Å². The zero-order valence-electron chi connectivity index (χ0n) is 11.7. The zero-order chi connectivity index (χ0) is 16.0. The lowest BCUT2D eigenvalue weighted by Gasteiger charge is -2.22. The first-order chi connectivity index (χ1) is 10.5. The number of benzene rings is 1. The lowest BCUT2D eigenvalue weighted by Crippen LogP contribution is -2.45. The quantitative estimate of drug-likeness (QED) is 0.714. The van der Waals surface area contributed by atoms with Crippen LogP contribution in [0.4, 0.5) is 0 Å². The molecule has 1 aliphatic rings. The van der Waals surface area contributed by atoms with Gasteiger partial charge in [0.2, 0.25) is 10.0 Å². The van der Waals surface area contributed by atoms with E-state index in [1.54, 1.807) is 0 Å². The number of hydrogen-bond donors (Lipinski definition) is 2. The first-order valence-electron chi connectivity index (χ1n) is 6.71. The maximum Gasteiger partial charge on any atom is 0.251 e. The Bertz CT molecular complexity index is 599. The summed E-state index contributed by atoms with van der Waals surface area (Å²) in [4.78, 5) is 11.8. The molecule has 1 aliphatic heterocycles. The molecular formula is C13H17ClN2O5S. The van der Waals surface area contributed by atoms with Crippen LogP contribution in [0.2, 0.25) is 5.02 Å². The predicted molar refractivity (Wildman–Crippen MR) is 80.2 cm³/mol. The molecule has 1 aromatic rings. The van der Waals surface area contributed by atoms with Crippen molar-refractivity contribution in [2.75, 3.05) is 32.9 Å². The van der Waals surface area contributed by atoms with E-state index in [0.717, 1.165) is 0 Å². The van der Waals surface area contributed by atoms with E-state index >= 15 is 0 Å². The summed E-state index contributed by atoms with van der Waals surface area (Å²) in [6.07, 6.45) is -0.637. The number of rotatable bonds is 6. The van der Waals surface area contributed by atoms with Crippen LogP contribution in [0.3, 0.4) is 0 Å². The molecule has 0 radical (unpaired) electrons. The van der Waals surface area contributed by atoms with Crippen LogP contribution in [0.25, 0.3) is 0 Å². The topological polar surface area (TPSA) is 93.7 Å². The lowest BCUT2D eigenvalue weighted by atomic mass is 10.3. The lowest BCUT2D eigenvalue weighted by molar-refractivity contribution is -0.147. The Morgan fingerprint density at radius 2 is 1.95 bits per heavy atom. The fourth-order valence-electron chi connectivity index (χ4n) is 1.82. The molecule has 0 bridgehead atoms. The van der Waals surface area contributed by atoms with Gasteiger partial charge in [0, 0.05) is 18.1 Å². The van der Waals surface area contributed by atoms with Crippen LogP contribution in [0.5, 0.6) is 0 Å². The maximum absolute atomic E-state index is 12.0. The van der Waals surface area contributed by atoms with Gasteiger partial charge in [-0.3, -0.25) is 4.79 Å². The van der Waals surface area contributed by atoms with Crippen LogP contribution in [0.1, 0.15) is 0 Å². The summed E-state index contributed by atoms with van der Waals surface area (Å²) in [5, 5.41) is 3.05. The van der Waals surface area contributed by atoms with Crippen molar-refractivity contribution in [1.82, 2.24) is 10.0 Å². The molecule has 2 rings (SSSR count). The van der Waals surface area contributed by atoms with Gasteiger partial charge in [-0.1, -0.05) is 11.6 Å². The van der Waals surface area contributed by atoms with Crippen molar-refractivity contribution in [3.63, 3.8) is 0 Å². The van der Waals surface area contributed by atoms with Crippen LogP contribution >= 0.6 is 11.6 Å². The molecule has 1 unspecified atom stereocenters. The van der Waals surface area contributed by atoms with Crippen molar-refractivity contribution >= 4 is 27.5 Å². The third-order valence-corrected chi connectivity index (χ3v) is 4.68. The molecule has 9 heteroatoms. The highest BCUT2D eigenvalue weighted by molar-refractivity contribution is 7.89. The van der Waals surface area contributed by atoms with E-state index < -0.39 is 16.1 Å². The Morgan fingerprint density at radius 1 is 1.23 bits per heavy atom. The van der Waals surface area contributed by atoms with Crippen molar-refractivity contribution in [3.05, 3.63) is 29.3 Å². The monoisotopic (exact) mass is 348 g/mol. The van der Waals surface area contributed by atoms with Gasteiger partial charge in [0.15, 0.2) is 6.10 Å². The van der Waals surface area contributed by atoms with Crippen molar-refractivity contribution in [2.45, 2.75) is 11.0 Å². The Hall–Kier alpha value is -1.19. The molecule has 1 heterocycles. The number of hydrogen-bond acceptors (Lipinski definition) is 5. The van der Waals surface area contributed by atoms with Crippen LogP contribution in [-0.4, -0.2) is 53.3 Å². The van der Waals surface area contributed by atoms with E-state index in [1.807, 2.05) is 0 Å². The van der Waals surface area contributed by atoms with Crippen molar-refractivity contribution in [2.24, 2.45) is 0 Å². The predicted octanol–water partition coefficient (Wildman–Crippen LogP) is 0.150. The number of sulfonamides is 1. The summed E-state index contributed by atoms with van der Waals surface area (Å²) in [5.74, 6) is -0.314. The molecule has 22 heavy (non-hydrogen) atoms. The van der Waals surface area contributed by atoms with E-state index in [1.165, 1.54) is 24.3 Å². The van der Waals surface area contributed by atoms with Crippen molar-refractivity contribution in [1.29, 1.82) is 0 Å². The Balaban J connectivity index is 1.75. The minimum absolute atomic E-state index is 0.0737. The first kappa shape index (κ1) is 17.2. The molecule has 1 amide bonds. The Kier molecular flexibility index (Phi) is 6.16. The van der Waals surface area contributed by atoms with Crippen LogP contribution in [-0.2, 0) is 24.3 Å². The van der Waals surface area contributed by atoms with Gasteiger partial charge < -0.3 is 14.8 Å². The molecule has 1 atom stereocenters. The molecule has 0 aliphatic carbocycles. The van der Waals surface area contributed by atoms with Crippen LogP contribution < -0.4 is 10.0 Å². The van der Waals surface area contributed by atoms with E-state index in [2.05, 4.69) is 10.0 Å². The molecule has 1 saturated heterocycles. The highest BCUT2D eigenvalue weighted by Crippen LogP contribution is 2.13. The van der Waals surface area contributed by atoms with Gasteiger partial charge in [0.05, 0.1) is 24.7 Å². The molecule has 0 spiro atoms. The third kappa shape index (κ3) is 4.92. The summed E-state index contributed by atoms with van der Waals surface area (Å²) in [6.45, 7) is 1.30. The second-order valence-electron chi connectivity index (χ2n) is 4.58. The Morgan fingerprint density at radius 3 is 2.59 bits per heavy atom. The molecule has 1 aromatic carbocycles. The van der Waals surface area contributed by atoms with Crippen molar-refractivity contribution < 1.29 is 22.7 Å². The third-order valence-electron chi connectivity index (χ3n) is 2.95. The number of halogens is 1. The van der Waals surface area contributed by atoms with Gasteiger partial charge >= 0.3 is 0 Å². The van der Waals surface area contributed by atoms with Crippen LogP contribution in [0.15, 0.2) is 29.2 Å². The van der Waals surface area contributed by atoms with Gasteiger partial charge in [0.1, 0.15) is 0 Å². The molecule has 7 nitrogen and oxygen atoms in total. The average Bonchev–Trinajstić information content (AvgIpc) is 2.52. The number of carbonyl (C=O) groups excluding carboxylic acids is 1. The highest BCUT2D eigenvalue weighted by atomic mass is 35.5. The van der Waals surface area contributed by atoms with Gasteiger partial charge in [-0.25, -0.2) is 13.1 Å². The summed E-state index contributed by atoms with van der Waals surface area (Å²) in [6, 6.07) is 5.82. The van der Waals surface area contributed by atoms with Gasteiger partial charge in [-0.2, -0.15) is 0 Å². The highest BCUT2D eigenvalue weighted by Gasteiger charge is 2.22. The summed E-state index contributed by atoms with van der Waals surface area (Å²) in [7, 11) is -3.62. The number of carbonyl (C=O) groups is 1. The van der Waals surface area contributed by atoms with Gasteiger partial charge in [0.25, 0.3) is 5.91 Å². The molecule has 1 fully saturated rings. The smallest absolute Gasteiger partial charge is 0.251 e. The second kappa shape index (κ2) is 7.89. The summed E-state index contributed by atoms with van der Waals surface area (Å²) >= 11 is 5.71. The zero-order valence-corrected chi connectivity index (χ0v) is 13.3. The van der Waals surface area contributed by atoms with E-state index in [0.29, 0.717) is 18.2 Å². The molecular weight excluding hydrogens is 332 g/mol. The van der Waals surface area contributed by atoms with Crippen molar-refractivity contribution in [3.8, 4) is 0 Å². The average molecular weight is 349 g/mol. The van der Waals surface area contributed by atoms with E-state index in [4.69, 9.17) is 21.1 Å². The number of nitrogens with one attached hydrogen (secondary N) is 2.